The molecule has 3 rings (SSSR count). The normalized spacial score (nSPS) is 12.5. The van der Waals surface area contributed by atoms with E-state index in [0.717, 1.165) is 0 Å². The molecular formula is C17H15IN2. The second-order valence-electron chi connectivity index (χ2n) is 4.72. The molecule has 3 aromatic rings. The van der Waals surface area contributed by atoms with E-state index in [1.807, 2.05) is 19.4 Å². The monoisotopic (exact) mass is 374 g/mol. The first-order chi connectivity index (χ1) is 9.79. The number of hydrogen-bond donors (Lipinski definition) is 1. The number of benzene rings is 2. The molecule has 100 valence electrons. The fourth-order valence-corrected chi connectivity index (χ4v) is 2.92. The van der Waals surface area contributed by atoms with Crippen LogP contribution in [0.15, 0.2) is 60.9 Å². The Hall–Kier alpha value is -1.46. The third-order valence-corrected chi connectivity index (χ3v) is 4.24. The summed E-state index contributed by atoms with van der Waals surface area (Å²) >= 11 is 2.33. The quantitative estimate of drug-likeness (QED) is 0.697. The highest BCUT2D eigenvalue weighted by Crippen LogP contribution is 2.28. The summed E-state index contributed by atoms with van der Waals surface area (Å²) in [6, 6.07) is 17.3. The predicted molar refractivity (Wildman–Crippen MR) is 91.8 cm³/mol. The van der Waals surface area contributed by atoms with Crippen molar-refractivity contribution >= 4 is 33.4 Å². The van der Waals surface area contributed by atoms with E-state index < -0.39 is 0 Å². The fraction of sp³-hybridized carbons (Fsp3) is 0.118. The first kappa shape index (κ1) is 13.5. The first-order valence-corrected chi connectivity index (χ1v) is 7.63. The Balaban J connectivity index is 2.14. The molecule has 1 atom stereocenters. The number of rotatable bonds is 3. The van der Waals surface area contributed by atoms with Gasteiger partial charge in [-0.25, -0.2) is 0 Å². The molecule has 1 unspecified atom stereocenters. The second-order valence-corrected chi connectivity index (χ2v) is 5.96. The molecule has 0 saturated heterocycles. The second kappa shape index (κ2) is 5.89. The van der Waals surface area contributed by atoms with Gasteiger partial charge in [-0.05, 0) is 64.4 Å². The Bertz CT molecular complexity index is 717. The van der Waals surface area contributed by atoms with Gasteiger partial charge in [0.1, 0.15) is 0 Å². The number of hydrogen-bond acceptors (Lipinski definition) is 2. The van der Waals surface area contributed by atoms with Gasteiger partial charge in [0, 0.05) is 21.4 Å². The molecule has 1 N–H and O–H groups in total. The van der Waals surface area contributed by atoms with E-state index in [9.17, 15) is 0 Å². The summed E-state index contributed by atoms with van der Waals surface area (Å²) in [7, 11) is 2.00. The minimum atomic E-state index is 0.193. The summed E-state index contributed by atoms with van der Waals surface area (Å²) in [4.78, 5) is 4.20. The Morgan fingerprint density at radius 2 is 1.85 bits per heavy atom. The molecule has 1 aromatic heterocycles. The van der Waals surface area contributed by atoms with Crippen LogP contribution in [-0.4, -0.2) is 12.0 Å². The van der Waals surface area contributed by atoms with E-state index in [2.05, 4.69) is 81.4 Å². The van der Waals surface area contributed by atoms with Crippen molar-refractivity contribution in [2.45, 2.75) is 6.04 Å². The summed E-state index contributed by atoms with van der Waals surface area (Å²) in [5, 5.41) is 5.85. The lowest BCUT2D eigenvalue weighted by Crippen LogP contribution is -2.17. The smallest absolute Gasteiger partial charge is 0.0580 e. The Morgan fingerprint density at radius 3 is 2.60 bits per heavy atom. The van der Waals surface area contributed by atoms with Crippen LogP contribution in [0.2, 0.25) is 0 Å². The highest BCUT2D eigenvalue weighted by atomic mass is 127. The molecule has 0 fully saturated rings. The van der Waals surface area contributed by atoms with Gasteiger partial charge in [-0.15, -0.1) is 0 Å². The molecule has 0 bridgehead atoms. The average molecular weight is 374 g/mol. The molecular weight excluding hydrogens is 359 g/mol. The Labute approximate surface area is 132 Å². The topological polar surface area (TPSA) is 24.9 Å². The maximum atomic E-state index is 4.20. The van der Waals surface area contributed by atoms with Gasteiger partial charge in [0.05, 0.1) is 6.04 Å². The van der Waals surface area contributed by atoms with Crippen LogP contribution >= 0.6 is 22.6 Å². The van der Waals surface area contributed by atoms with Crippen molar-refractivity contribution in [2.75, 3.05) is 7.05 Å². The van der Waals surface area contributed by atoms with Gasteiger partial charge in [-0.1, -0.05) is 30.3 Å². The van der Waals surface area contributed by atoms with Crippen molar-refractivity contribution in [1.29, 1.82) is 0 Å². The van der Waals surface area contributed by atoms with E-state index >= 15 is 0 Å². The first-order valence-electron chi connectivity index (χ1n) is 6.55. The van der Waals surface area contributed by atoms with Crippen molar-refractivity contribution in [3.05, 3.63) is 75.6 Å². The Morgan fingerprint density at radius 1 is 1.05 bits per heavy atom. The lowest BCUT2D eigenvalue weighted by molar-refractivity contribution is 0.697. The van der Waals surface area contributed by atoms with Crippen LogP contribution in [-0.2, 0) is 0 Å². The van der Waals surface area contributed by atoms with Crippen LogP contribution in [0.1, 0.15) is 17.2 Å². The van der Waals surface area contributed by atoms with E-state index in [1.165, 1.54) is 25.5 Å². The number of nitrogens with one attached hydrogen (secondary N) is 1. The van der Waals surface area contributed by atoms with E-state index in [-0.39, 0.29) is 6.04 Å². The van der Waals surface area contributed by atoms with Crippen molar-refractivity contribution in [2.24, 2.45) is 0 Å². The maximum Gasteiger partial charge on any atom is 0.0580 e. The summed E-state index contributed by atoms with van der Waals surface area (Å²) < 4.78 is 1.25. The van der Waals surface area contributed by atoms with Gasteiger partial charge in [-0.2, -0.15) is 0 Å². The molecule has 0 aliphatic heterocycles. The van der Waals surface area contributed by atoms with E-state index in [0.29, 0.717) is 0 Å². The highest BCUT2D eigenvalue weighted by Gasteiger charge is 2.14. The molecule has 1 heterocycles. The van der Waals surface area contributed by atoms with Crippen LogP contribution in [0.25, 0.3) is 10.8 Å². The van der Waals surface area contributed by atoms with Gasteiger partial charge in [0.15, 0.2) is 0 Å². The maximum absolute atomic E-state index is 4.20. The Kier molecular flexibility index (Phi) is 3.98. The minimum absolute atomic E-state index is 0.193. The number of halogens is 1. The molecule has 2 nitrogen and oxygen atoms in total. The molecule has 0 saturated carbocycles. The third kappa shape index (κ3) is 2.55. The van der Waals surface area contributed by atoms with Crippen LogP contribution in [0, 0.1) is 3.57 Å². The fourth-order valence-electron chi connectivity index (χ4n) is 2.56. The zero-order chi connectivity index (χ0) is 13.9. The standard InChI is InChI=1S/C17H15IN2/c1-19-17(12-5-7-14(18)8-6-12)16-4-2-3-13-11-20-10-9-15(13)16/h2-11,17,19H,1H3. The minimum Gasteiger partial charge on any atom is -0.309 e. The summed E-state index contributed by atoms with van der Waals surface area (Å²) in [5.41, 5.74) is 2.56. The summed E-state index contributed by atoms with van der Waals surface area (Å²) in [6.07, 6.45) is 3.77. The molecule has 3 heteroatoms. The van der Waals surface area contributed by atoms with Gasteiger partial charge in [0.2, 0.25) is 0 Å². The molecule has 0 aliphatic carbocycles. The number of nitrogens with zero attached hydrogens (tertiary/aromatic N) is 1. The van der Waals surface area contributed by atoms with E-state index in [4.69, 9.17) is 0 Å². The highest BCUT2D eigenvalue weighted by molar-refractivity contribution is 14.1. The van der Waals surface area contributed by atoms with Gasteiger partial charge in [0.25, 0.3) is 0 Å². The lowest BCUT2D eigenvalue weighted by atomic mass is 9.94. The van der Waals surface area contributed by atoms with Crippen LogP contribution in [0.5, 0.6) is 0 Å². The van der Waals surface area contributed by atoms with E-state index in [1.54, 1.807) is 0 Å². The SMILES string of the molecule is CNC(c1ccc(I)cc1)c1cccc2cnccc12. The van der Waals surface area contributed by atoms with Crippen LogP contribution in [0.4, 0.5) is 0 Å². The van der Waals surface area contributed by atoms with Crippen LogP contribution in [0.3, 0.4) is 0 Å². The summed E-state index contributed by atoms with van der Waals surface area (Å²) in [6.45, 7) is 0. The zero-order valence-electron chi connectivity index (χ0n) is 11.2. The van der Waals surface area contributed by atoms with Crippen LogP contribution < -0.4 is 5.32 Å². The van der Waals surface area contributed by atoms with Crippen molar-refractivity contribution in [1.82, 2.24) is 10.3 Å². The molecule has 0 spiro atoms. The number of pyridine rings is 1. The molecule has 0 aliphatic rings. The summed E-state index contributed by atoms with van der Waals surface area (Å²) in [5.74, 6) is 0. The molecule has 20 heavy (non-hydrogen) atoms. The van der Waals surface area contributed by atoms with Crippen molar-refractivity contribution in [3.63, 3.8) is 0 Å². The molecule has 0 radical (unpaired) electrons. The largest absolute Gasteiger partial charge is 0.309 e. The predicted octanol–water partition coefficient (Wildman–Crippen LogP) is 4.15. The van der Waals surface area contributed by atoms with Gasteiger partial charge < -0.3 is 5.32 Å². The molecule has 2 aromatic carbocycles. The third-order valence-electron chi connectivity index (χ3n) is 3.52. The lowest BCUT2D eigenvalue weighted by Gasteiger charge is -2.19. The van der Waals surface area contributed by atoms with Gasteiger partial charge in [-0.3, -0.25) is 4.98 Å². The molecule has 0 amide bonds. The van der Waals surface area contributed by atoms with Crippen molar-refractivity contribution in [3.8, 4) is 0 Å². The van der Waals surface area contributed by atoms with Gasteiger partial charge >= 0.3 is 0 Å². The number of aromatic nitrogens is 1. The number of fused-ring (bicyclic) bond motifs is 1. The average Bonchev–Trinajstić information content (AvgIpc) is 2.50. The van der Waals surface area contributed by atoms with Crippen molar-refractivity contribution < 1.29 is 0 Å². The zero-order valence-corrected chi connectivity index (χ0v) is 13.3.